The zero-order chi connectivity index (χ0) is 14.0. The van der Waals surface area contributed by atoms with Gasteiger partial charge in [0.1, 0.15) is 12.0 Å². The molecular weight excluding hydrogens is 270 g/mol. The van der Waals surface area contributed by atoms with E-state index in [0.717, 1.165) is 0 Å². The maximum Gasteiger partial charge on any atom is 0.290 e. The Labute approximate surface area is 111 Å². The molecule has 2 heterocycles. The fourth-order valence-electron chi connectivity index (χ4n) is 2.12. The van der Waals surface area contributed by atoms with E-state index in [4.69, 9.17) is 0 Å². The highest BCUT2D eigenvalue weighted by Crippen LogP contribution is 2.21. The Balaban J connectivity index is 1.97. The van der Waals surface area contributed by atoms with Gasteiger partial charge >= 0.3 is 0 Å². The summed E-state index contributed by atoms with van der Waals surface area (Å²) in [4.78, 5) is 14.1. The van der Waals surface area contributed by atoms with Gasteiger partial charge in [0.25, 0.3) is 5.69 Å². The Morgan fingerprint density at radius 2 is 2.32 bits per heavy atom. The Bertz CT molecular complexity index is 600. The summed E-state index contributed by atoms with van der Waals surface area (Å²) in [7, 11) is -2.88. The minimum Gasteiger partial charge on any atom is -0.370 e. The summed E-state index contributed by atoms with van der Waals surface area (Å²) >= 11 is 0. The number of hydrogen-bond donors (Lipinski definition) is 1. The molecule has 0 aromatic carbocycles. The van der Waals surface area contributed by atoms with Crippen molar-refractivity contribution in [3.63, 3.8) is 0 Å². The first-order valence-corrected chi connectivity index (χ1v) is 7.75. The standard InChI is InChI=1S/C11H15N3O4S/c1-8-4-11(13-6-10(8)14(15)16)12-5-9-2-3-19(17,18)7-9/h4,6,9H,2-3,5,7H2,1H3,(H,12,13). The summed E-state index contributed by atoms with van der Waals surface area (Å²) in [5.74, 6) is 1.06. The number of rotatable bonds is 4. The number of nitrogens with one attached hydrogen (secondary N) is 1. The molecular formula is C11H15N3O4S. The van der Waals surface area contributed by atoms with Crippen LogP contribution in [0.1, 0.15) is 12.0 Å². The predicted octanol–water partition coefficient (Wildman–Crippen LogP) is 1.14. The molecule has 0 saturated carbocycles. The van der Waals surface area contributed by atoms with Crippen LogP contribution in [0.2, 0.25) is 0 Å². The van der Waals surface area contributed by atoms with E-state index in [1.54, 1.807) is 13.0 Å². The number of anilines is 1. The van der Waals surface area contributed by atoms with E-state index in [1.807, 2.05) is 0 Å². The molecule has 0 bridgehead atoms. The zero-order valence-corrected chi connectivity index (χ0v) is 11.3. The van der Waals surface area contributed by atoms with Gasteiger partial charge in [0.15, 0.2) is 9.84 Å². The second kappa shape index (κ2) is 5.12. The molecule has 0 radical (unpaired) electrons. The number of aromatic nitrogens is 1. The molecule has 0 aliphatic carbocycles. The van der Waals surface area contributed by atoms with E-state index in [9.17, 15) is 18.5 Å². The Morgan fingerprint density at radius 3 is 2.84 bits per heavy atom. The normalized spacial score (nSPS) is 21.2. The van der Waals surface area contributed by atoms with E-state index >= 15 is 0 Å². The highest BCUT2D eigenvalue weighted by molar-refractivity contribution is 7.91. The monoisotopic (exact) mass is 285 g/mol. The average molecular weight is 285 g/mol. The predicted molar refractivity (Wildman–Crippen MR) is 70.9 cm³/mol. The smallest absolute Gasteiger partial charge is 0.290 e. The van der Waals surface area contributed by atoms with Gasteiger partial charge in [-0.1, -0.05) is 0 Å². The van der Waals surface area contributed by atoms with Crippen molar-refractivity contribution in [2.75, 3.05) is 23.4 Å². The molecule has 1 aromatic heterocycles. The molecule has 1 fully saturated rings. The summed E-state index contributed by atoms with van der Waals surface area (Å²) < 4.78 is 22.6. The average Bonchev–Trinajstić information content (AvgIpc) is 2.66. The van der Waals surface area contributed by atoms with Gasteiger partial charge in [-0.25, -0.2) is 13.4 Å². The lowest BCUT2D eigenvalue weighted by Gasteiger charge is -2.10. The lowest BCUT2D eigenvalue weighted by atomic mass is 10.1. The van der Waals surface area contributed by atoms with Crippen molar-refractivity contribution in [1.29, 1.82) is 0 Å². The summed E-state index contributed by atoms with van der Waals surface area (Å²) in [6, 6.07) is 1.60. The molecule has 1 N–H and O–H groups in total. The molecule has 1 saturated heterocycles. The molecule has 19 heavy (non-hydrogen) atoms. The highest BCUT2D eigenvalue weighted by Gasteiger charge is 2.27. The summed E-state index contributed by atoms with van der Waals surface area (Å²) in [5.41, 5.74) is 0.510. The molecule has 104 valence electrons. The van der Waals surface area contributed by atoms with E-state index in [-0.39, 0.29) is 23.1 Å². The zero-order valence-electron chi connectivity index (χ0n) is 10.5. The summed E-state index contributed by atoms with van der Waals surface area (Å²) in [6.45, 7) is 2.16. The van der Waals surface area contributed by atoms with Crippen molar-refractivity contribution in [2.24, 2.45) is 5.92 Å². The van der Waals surface area contributed by atoms with Gasteiger partial charge < -0.3 is 5.32 Å². The van der Waals surface area contributed by atoms with Crippen molar-refractivity contribution < 1.29 is 13.3 Å². The van der Waals surface area contributed by atoms with Crippen LogP contribution in [0, 0.1) is 23.0 Å². The number of nitrogens with zero attached hydrogens (tertiary/aromatic N) is 2. The van der Waals surface area contributed by atoms with Crippen LogP contribution in [0.5, 0.6) is 0 Å². The molecule has 2 rings (SSSR count). The van der Waals surface area contributed by atoms with Gasteiger partial charge in [-0.3, -0.25) is 10.1 Å². The van der Waals surface area contributed by atoms with Gasteiger partial charge in [0.2, 0.25) is 0 Å². The van der Waals surface area contributed by atoms with E-state index in [0.29, 0.717) is 24.3 Å². The fourth-order valence-corrected chi connectivity index (χ4v) is 3.98. The third kappa shape index (κ3) is 3.40. The van der Waals surface area contributed by atoms with Crippen molar-refractivity contribution in [3.05, 3.63) is 27.9 Å². The van der Waals surface area contributed by atoms with Gasteiger partial charge in [0.05, 0.1) is 16.4 Å². The SMILES string of the molecule is Cc1cc(NCC2CCS(=O)(=O)C2)ncc1[N+](=O)[O-]. The van der Waals surface area contributed by atoms with Crippen molar-refractivity contribution in [2.45, 2.75) is 13.3 Å². The lowest BCUT2D eigenvalue weighted by molar-refractivity contribution is -0.385. The van der Waals surface area contributed by atoms with Crippen molar-refractivity contribution in [1.82, 2.24) is 4.98 Å². The van der Waals surface area contributed by atoms with E-state index in [1.165, 1.54) is 6.20 Å². The molecule has 1 aromatic rings. The van der Waals surface area contributed by atoms with E-state index < -0.39 is 14.8 Å². The largest absolute Gasteiger partial charge is 0.370 e. The second-order valence-corrected chi connectivity index (χ2v) is 6.99. The first-order valence-electron chi connectivity index (χ1n) is 5.93. The van der Waals surface area contributed by atoms with Crippen molar-refractivity contribution >= 4 is 21.3 Å². The van der Waals surface area contributed by atoms with Gasteiger partial charge in [-0.15, -0.1) is 0 Å². The molecule has 1 unspecified atom stereocenters. The molecule has 1 atom stereocenters. The molecule has 1 aliphatic rings. The lowest BCUT2D eigenvalue weighted by Crippen LogP contribution is -2.16. The second-order valence-electron chi connectivity index (χ2n) is 4.76. The molecule has 8 heteroatoms. The van der Waals surface area contributed by atoms with Crippen LogP contribution < -0.4 is 5.32 Å². The summed E-state index contributed by atoms with van der Waals surface area (Å²) in [5, 5.41) is 13.7. The van der Waals surface area contributed by atoms with Crippen LogP contribution >= 0.6 is 0 Å². The van der Waals surface area contributed by atoms with Crippen LogP contribution in [0.15, 0.2) is 12.3 Å². The van der Waals surface area contributed by atoms with Crippen LogP contribution in [0.4, 0.5) is 11.5 Å². The molecule has 1 aliphatic heterocycles. The molecule has 0 spiro atoms. The quantitative estimate of drug-likeness (QED) is 0.657. The third-order valence-electron chi connectivity index (χ3n) is 3.18. The van der Waals surface area contributed by atoms with E-state index in [2.05, 4.69) is 10.3 Å². The van der Waals surface area contributed by atoms with Gasteiger partial charge in [0, 0.05) is 12.1 Å². The topological polar surface area (TPSA) is 102 Å². The molecule has 7 nitrogen and oxygen atoms in total. The van der Waals surface area contributed by atoms with Gasteiger partial charge in [-0.05, 0) is 25.3 Å². The minimum atomic E-state index is -2.88. The summed E-state index contributed by atoms with van der Waals surface area (Å²) in [6.07, 6.45) is 1.87. The van der Waals surface area contributed by atoms with Crippen molar-refractivity contribution in [3.8, 4) is 0 Å². The molecule has 0 amide bonds. The van der Waals surface area contributed by atoms with Gasteiger partial charge in [-0.2, -0.15) is 0 Å². The maximum atomic E-state index is 11.3. The number of pyridine rings is 1. The number of nitro groups is 1. The Hall–Kier alpha value is -1.70. The fraction of sp³-hybridized carbons (Fsp3) is 0.545. The first-order chi connectivity index (χ1) is 8.87. The highest BCUT2D eigenvalue weighted by atomic mass is 32.2. The number of hydrogen-bond acceptors (Lipinski definition) is 6. The Morgan fingerprint density at radius 1 is 1.58 bits per heavy atom. The number of sulfone groups is 1. The third-order valence-corrected chi connectivity index (χ3v) is 5.02. The van der Waals surface area contributed by atoms with Crippen LogP contribution in [0.25, 0.3) is 0 Å². The van der Waals surface area contributed by atoms with Crippen LogP contribution in [0.3, 0.4) is 0 Å². The van der Waals surface area contributed by atoms with Crippen LogP contribution in [-0.4, -0.2) is 36.4 Å². The maximum absolute atomic E-state index is 11.3. The number of aryl methyl sites for hydroxylation is 1. The Kier molecular flexibility index (Phi) is 3.70. The first kappa shape index (κ1) is 13.7. The van der Waals surface area contributed by atoms with Crippen LogP contribution in [-0.2, 0) is 9.84 Å². The minimum absolute atomic E-state index is 0.0194.